The molecule has 3 nitrogen and oxygen atoms in total. The van der Waals surface area contributed by atoms with Gasteiger partial charge in [-0.3, -0.25) is 4.79 Å². The molecule has 0 bridgehead atoms. The van der Waals surface area contributed by atoms with Gasteiger partial charge in [0.1, 0.15) is 0 Å². The molecule has 0 fully saturated rings. The second kappa shape index (κ2) is 3.98. The van der Waals surface area contributed by atoms with E-state index in [1.807, 2.05) is 30.5 Å². The first-order chi connectivity index (χ1) is 7.19. The Morgan fingerprint density at radius 3 is 2.93 bits per heavy atom. The standard InChI is InChI=1S/C11H11NO2S/c1-15-9-3-2-7-4-8(5-11(13)14)12-10(7)6-9/h2-4,6,12H,5H2,1H3,(H,13,14). The van der Waals surface area contributed by atoms with Crippen LogP contribution in [0.15, 0.2) is 29.2 Å². The van der Waals surface area contributed by atoms with Gasteiger partial charge in [-0.15, -0.1) is 11.8 Å². The van der Waals surface area contributed by atoms with Crippen molar-refractivity contribution in [3.8, 4) is 0 Å². The molecule has 0 spiro atoms. The molecular formula is C11H11NO2S. The summed E-state index contributed by atoms with van der Waals surface area (Å²) in [5, 5.41) is 9.73. The number of fused-ring (bicyclic) bond motifs is 1. The zero-order valence-electron chi connectivity index (χ0n) is 8.28. The lowest BCUT2D eigenvalue weighted by Gasteiger charge is -1.94. The maximum absolute atomic E-state index is 10.5. The van der Waals surface area contributed by atoms with Crippen LogP contribution in [0.5, 0.6) is 0 Å². The Morgan fingerprint density at radius 1 is 1.47 bits per heavy atom. The van der Waals surface area contributed by atoms with Gasteiger partial charge in [-0.2, -0.15) is 0 Å². The molecule has 0 amide bonds. The molecule has 0 saturated heterocycles. The third kappa shape index (κ3) is 2.15. The molecule has 2 rings (SSSR count). The van der Waals surface area contributed by atoms with Gasteiger partial charge in [0, 0.05) is 16.1 Å². The lowest BCUT2D eigenvalue weighted by Crippen LogP contribution is -1.99. The molecule has 0 aliphatic carbocycles. The molecular weight excluding hydrogens is 210 g/mol. The number of aromatic nitrogens is 1. The minimum atomic E-state index is -0.813. The molecule has 0 aliphatic heterocycles. The van der Waals surface area contributed by atoms with Gasteiger partial charge < -0.3 is 10.1 Å². The van der Waals surface area contributed by atoms with Crippen molar-refractivity contribution in [1.82, 2.24) is 4.98 Å². The SMILES string of the molecule is CSc1ccc2cc(CC(=O)O)[nH]c2c1. The molecule has 0 saturated carbocycles. The van der Waals surface area contributed by atoms with Crippen LogP contribution in [0.1, 0.15) is 5.69 Å². The van der Waals surface area contributed by atoms with Gasteiger partial charge in [-0.05, 0) is 29.8 Å². The van der Waals surface area contributed by atoms with Crippen molar-refractivity contribution in [2.75, 3.05) is 6.26 Å². The molecule has 2 N–H and O–H groups in total. The van der Waals surface area contributed by atoms with Crippen molar-refractivity contribution >= 4 is 28.6 Å². The highest BCUT2D eigenvalue weighted by molar-refractivity contribution is 7.98. The van der Waals surface area contributed by atoms with Crippen molar-refractivity contribution in [2.24, 2.45) is 0 Å². The summed E-state index contributed by atoms with van der Waals surface area (Å²) >= 11 is 1.67. The number of H-pyrrole nitrogens is 1. The summed E-state index contributed by atoms with van der Waals surface area (Å²) in [6.45, 7) is 0. The number of aromatic amines is 1. The number of carboxylic acids is 1. The van der Waals surface area contributed by atoms with Crippen LogP contribution in [0.25, 0.3) is 10.9 Å². The van der Waals surface area contributed by atoms with E-state index >= 15 is 0 Å². The molecule has 0 radical (unpaired) electrons. The van der Waals surface area contributed by atoms with Crippen molar-refractivity contribution in [2.45, 2.75) is 11.3 Å². The van der Waals surface area contributed by atoms with Crippen LogP contribution in [-0.4, -0.2) is 22.3 Å². The van der Waals surface area contributed by atoms with E-state index in [0.29, 0.717) is 0 Å². The minimum Gasteiger partial charge on any atom is -0.481 e. The topological polar surface area (TPSA) is 53.1 Å². The van der Waals surface area contributed by atoms with E-state index in [9.17, 15) is 4.79 Å². The Morgan fingerprint density at radius 2 is 2.27 bits per heavy atom. The zero-order chi connectivity index (χ0) is 10.8. The van der Waals surface area contributed by atoms with E-state index in [1.54, 1.807) is 11.8 Å². The number of benzene rings is 1. The van der Waals surface area contributed by atoms with Crippen LogP contribution < -0.4 is 0 Å². The van der Waals surface area contributed by atoms with Crippen LogP contribution in [0.4, 0.5) is 0 Å². The molecule has 15 heavy (non-hydrogen) atoms. The average molecular weight is 221 g/mol. The van der Waals surface area contributed by atoms with E-state index in [2.05, 4.69) is 4.98 Å². The van der Waals surface area contributed by atoms with Crippen LogP contribution >= 0.6 is 11.8 Å². The molecule has 0 aliphatic rings. The minimum absolute atomic E-state index is 0.0449. The highest BCUT2D eigenvalue weighted by Gasteiger charge is 2.05. The summed E-state index contributed by atoms with van der Waals surface area (Å²) in [5.74, 6) is -0.813. The van der Waals surface area contributed by atoms with E-state index in [4.69, 9.17) is 5.11 Å². The normalized spacial score (nSPS) is 10.7. The largest absolute Gasteiger partial charge is 0.481 e. The fourth-order valence-electron chi connectivity index (χ4n) is 1.55. The Balaban J connectivity index is 2.42. The second-order valence-electron chi connectivity index (χ2n) is 3.32. The molecule has 4 heteroatoms. The summed E-state index contributed by atoms with van der Waals surface area (Å²) in [5.41, 5.74) is 1.74. The van der Waals surface area contributed by atoms with Gasteiger partial charge in [0.2, 0.25) is 0 Å². The first-order valence-electron chi connectivity index (χ1n) is 4.56. The van der Waals surface area contributed by atoms with Crippen molar-refractivity contribution in [3.05, 3.63) is 30.0 Å². The number of nitrogens with one attached hydrogen (secondary N) is 1. The Hall–Kier alpha value is -1.42. The molecule has 1 heterocycles. The maximum atomic E-state index is 10.5. The second-order valence-corrected chi connectivity index (χ2v) is 4.20. The number of thioether (sulfide) groups is 1. The quantitative estimate of drug-likeness (QED) is 0.783. The first-order valence-corrected chi connectivity index (χ1v) is 5.79. The third-order valence-electron chi connectivity index (χ3n) is 2.23. The number of hydrogen-bond donors (Lipinski definition) is 2. The number of rotatable bonds is 3. The highest BCUT2D eigenvalue weighted by Crippen LogP contribution is 2.22. The smallest absolute Gasteiger partial charge is 0.309 e. The molecule has 1 aromatic carbocycles. The summed E-state index contributed by atoms with van der Waals surface area (Å²) in [4.78, 5) is 14.8. The molecule has 2 aromatic rings. The van der Waals surface area contributed by atoms with Crippen molar-refractivity contribution < 1.29 is 9.90 Å². The van der Waals surface area contributed by atoms with Gasteiger partial charge in [-0.25, -0.2) is 0 Å². The average Bonchev–Trinajstić information content (AvgIpc) is 2.57. The van der Waals surface area contributed by atoms with Crippen LogP contribution in [0.2, 0.25) is 0 Å². The maximum Gasteiger partial charge on any atom is 0.309 e. The predicted octanol–water partition coefficient (Wildman–Crippen LogP) is 2.52. The Labute approximate surface area is 91.5 Å². The summed E-state index contributed by atoms with van der Waals surface area (Å²) in [6.07, 6.45) is 2.06. The van der Waals surface area contributed by atoms with Crippen molar-refractivity contribution in [1.29, 1.82) is 0 Å². The summed E-state index contributed by atoms with van der Waals surface area (Å²) in [6, 6.07) is 7.95. The summed E-state index contributed by atoms with van der Waals surface area (Å²) in [7, 11) is 0. The van der Waals surface area contributed by atoms with Gasteiger partial charge in [0.25, 0.3) is 0 Å². The molecule has 0 unspecified atom stereocenters. The van der Waals surface area contributed by atoms with Crippen LogP contribution in [-0.2, 0) is 11.2 Å². The van der Waals surface area contributed by atoms with Crippen LogP contribution in [0.3, 0.4) is 0 Å². The lowest BCUT2D eigenvalue weighted by atomic mass is 10.2. The first kappa shape index (κ1) is 10.1. The van der Waals surface area contributed by atoms with Gasteiger partial charge >= 0.3 is 5.97 Å². The fraction of sp³-hybridized carbons (Fsp3) is 0.182. The van der Waals surface area contributed by atoms with Gasteiger partial charge in [0.05, 0.1) is 6.42 Å². The number of hydrogen-bond acceptors (Lipinski definition) is 2. The highest BCUT2D eigenvalue weighted by atomic mass is 32.2. The Bertz CT molecular complexity index is 504. The fourth-order valence-corrected chi connectivity index (χ4v) is 1.99. The molecule has 1 aromatic heterocycles. The van der Waals surface area contributed by atoms with E-state index < -0.39 is 5.97 Å². The van der Waals surface area contributed by atoms with E-state index in [1.165, 1.54) is 4.90 Å². The van der Waals surface area contributed by atoms with E-state index in [-0.39, 0.29) is 6.42 Å². The molecule has 0 atom stereocenters. The zero-order valence-corrected chi connectivity index (χ0v) is 9.10. The van der Waals surface area contributed by atoms with Crippen molar-refractivity contribution in [3.63, 3.8) is 0 Å². The lowest BCUT2D eigenvalue weighted by molar-refractivity contribution is -0.136. The Kier molecular flexibility index (Phi) is 2.68. The van der Waals surface area contributed by atoms with Crippen LogP contribution in [0, 0.1) is 0 Å². The number of carboxylic acid groups (broad SMARTS) is 1. The number of carbonyl (C=O) groups is 1. The van der Waals surface area contributed by atoms with Gasteiger partial charge in [-0.1, -0.05) is 6.07 Å². The third-order valence-corrected chi connectivity index (χ3v) is 2.95. The monoisotopic (exact) mass is 221 g/mol. The van der Waals surface area contributed by atoms with E-state index in [0.717, 1.165) is 16.6 Å². The number of aliphatic carboxylic acids is 1. The molecule has 78 valence electrons. The predicted molar refractivity (Wildman–Crippen MR) is 61.4 cm³/mol. The summed E-state index contributed by atoms with van der Waals surface area (Å²) < 4.78 is 0. The van der Waals surface area contributed by atoms with Gasteiger partial charge in [0.15, 0.2) is 0 Å².